The van der Waals surface area contributed by atoms with Gasteiger partial charge >= 0.3 is 0 Å². The minimum atomic E-state index is -0.0768. The minimum absolute atomic E-state index is 0.0768. The molecule has 1 rings (SSSR count). The standard InChI is InChI=1S/C15H30O/c1-4-11-15(6-3,12-14(16)5-2)13-9-7-8-10-13/h13-14,16H,4-12H2,1-3H3. The fourth-order valence-electron chi connectivity index (χ4n) is 3.73. The number of rotatable bonds is 7. The van der Waals surface area contributed by atoms with Crippen molar-refractivity contribution in [3.8, 4) is 0 Å². The average Bonchev–Trinajstić information content (AvgIpc) is 2.82. The van der Waals surface area contributed by atoms with Gasteiger partial charge in [0.05, 0.1) is 6.10 Å². The molecule has 0 radical (unpaired) electrons. The van der Waals surface area contributed by atoms with Gasteiger partial charge in [-0.25, -0.2) is 0 Å². The van der Waals surface area contributed by atoms with Crippen LogP contribution in [0, 0.1) is 11.3 Å². The highest BCUT2D eigenvalue weighted by Crippen LogP contribution is 2.48. The van der Waals surface area contributed by atoms with Crippen molar-refractivity contribution < 1.29 is 5.11 Å². The first-order chi connectivity index (χ1) is 7.68. The molecule has 1 N–H and O–H groups in total. The molecular formula is C15H30O. The third-order valence-electron chi connectivity index (χ3n) is 4.79. The highest BCUT2D eigenvalue weighted by atomic mass is 16.3. The molecule has 1 aliphatic carbocycles. The summed E-state index contributed by atoms with van der Waals surface area (Å²) in [6, 6.07) is 0. The quantitative estimate of drug-likeness (QED) is 0.676. The molecule has 0 aromatic heterocycles. The van der Waals surface area contributed by atoms with Gasteiger partial charge in [-0.1, -0.05) is 46.5 Å². The Balaban J connectivity index is 2.71. The van der Waals surface area contributed by atoms with Crippen LogP contribution in [0.4, 0.5) is 0 Å². The van der Waals surface area contributed by atoms with Gasteiger partial charge in [-0.3, -0.25) is 0 Å². The topological polar surface area (TPSA) is 20.2 Å². The van der Waals surface area contributed by atoms with Crippen LogP contribution in [0.3, 0.4) is 0 Å². The predicted molar refractivity (Wildman–Crippen MR) is 70.5 cm³/mol. The van der Waals surface area contributed by atoms with Crippen LogP contribution < -0.4 is 0 Å². The Morgan fingerprint density at radius 2 is 1.81 bits per heavy atom. The predicted octanol–water partition coefficient (Wildman–Crippen LogP) is 4.53. The van der Waals surface area contributed by atoms with Crippen LogP contribution in [0.1, 0.15) is 78.6 Å². The van der Waals surface area contributed by atoms with E-state index in [1.807, 2.05) is 0 Å². The van der Waals surface area contributed by atoms with Crippen LogP contribution in [-0.4, -0.2) is 11.2 Å². The summed E-state index contributed by atoms with van der Waals surface area (Å²) in [5.74, 6) is 0.888. The molecule has 96 valence electrons. The molecule has 1 saturated carbocycles. The highest BCUT2D eigenvalue weighted by molar-refractivity contribution is 4.89. The van der Waals surface area contributed by atoms with Crippen molar-refractivity contribution in [3.63, 3.8) is 0 Å². The molecule has 2 atom stereocenters. The molecular weight excluding hydrogens is 196 g/mol. The summed E-state index contributed by atoms with van der Waals surface area (Å²) in [6.07, 6.45) is 11.4. The van der Waals surface area contributed by atoms with Crippen molar-refractivity contribution in [1.29, 1.82) is 0 Å². The average molecular weight is 226 g/mol. The first kappa shape index (κ1) is 14.0. The molecule has 0 heterocycles. The van der Waals surface area contributed by atoms with Gasteiger partial charge in [-0.15, -0.1) is 0 Å². The van der Waals surface area contributed by atoms with Crippen LogP contribution in [0.15, 0.2) is 0 Å². The molecule has 1 fully saturated rings. The Morgan fingerprint density at radius 1 is 1.19 bits per heavy atom. The third kappa shape index (κ3) is 3.23. The second-order valence-electron chi connectivity index (χ2n) is 5.71. The van der Waals surface area contributed by atoms with Crippen molar-refractivity contribution in [2.45, 2.75) is 84.7 Å². The second-order valence-corrected chi connectivity index (χ2v) is 5.71. The first-order valence-electron chi connectivity index (χ1n) is 7.36. The van der Waals surface area contributed by atoms with E-state index in [0.29, 0.717) is 5.41 Å². The summed E-state index contributed by atoms with van der Waals surface area (Å²) in [5, 5.41) is 10.0. The van der Waals surface area contributed by atoms with Gasteiger partial charge in [-0.2, -0.15) is 0 Å². The zero-order valence-corrected chi connectivity index (χ0v) is 11.5. The maximum absolute atomic E-state index is 10.0. The van der Waals surface area contributed by atoms with Crippen LogP contribution in [0.2, 0.25) is 0 Å². The maximum Gasteiger partial charge on any atom is 0.0543 e. The van der Waals surface area contributed by atoms with E-state index >= 15 is 0 Å². The van der Waals surface area contributed by atoms with Gasteiger partial charge in [-0.05, 0) is 43.4 Å². The van der Waals surface area contributed by atoms with E-state index in [2.05, 4.69) is 20.8 Å². The van der Waals surface area contributed by atoms with Gasteiger partial charge in [0.25, 0.3) is 0 Å². The normalized spacial score (nSPS) is 23.2. The largest absolute Gasteiger partial charge is 0.393 e. The molecule has 1 aliphatic rings. The summed E-state index contributed by atoms with van der Waals surface area (Å²) < 4.78 is 0. The van der Waals surface area contributed by atoms with E-state index in [9.17, 15) is 5.11 Å². The third-order valence-corrected chi connectivity index (χ3v) is 4.79. The van der Waals surface area contributed by atoms with Crippen molar-refractivity contribution in [3.05, 3.63) is 0 Å². The van der Waals surface area contributed by atoms with Gasteiger partial charge in [0.2, 0.25) is 0 Å². The van der Waals surface area contributed by atoms with Crippen molar-refractivity contribution in [2.75, 3.05) is 0 Å². The van der Waals surface area contributed by atoms with Crippen LogP contribution in [0.5, 0.6) is 0 Å². The van der Waals surface area contributed by atoms with Gasteiger partial charge in [0.15, 0.2) is 0 Å². The Bertz CT molecular complexity index is 184. The smallest absolute Gasteiger partial charge is 0.0543 e. The van der Waals surface area contributed by atoms with Gasteiger partial charge < -0.3 is 5.11 Å². The highest BCUT2D eigenvalue weighted by Gasteiger charge is 2.38. The van der Waals surface area contributed by atoms with Crippen LogP contribution in [0.25, 0.3) is 0 Å². The molecule has 0 spiro atoms. The van der Waals surface area contributed by atoms with E-state index < -0.39 is 0 Å². The summed E-state index contributed by atoms with van der Waals surface area (Å²) in [6.45, 7) is 6.72. The lowest BCUT2D eigenvalue weighted by Crippen LogP contribution is -2.32. The van der Waals surface area contributed by atoms with Crippen LogP contribution >= 0.6 is 0 Å². The van der Waals surface area contributed by atoms with Crippen molar-refractivity contribution >= 4 is 0 Å². The van der Waals surface area contributed by atoms with E-state index in [1.54, 1.807) is 0 Å². The van der Waals surface area contributed by atoms with E-state index in [-0.39, 0.29) is 6.10 Å². The molecule has 0 amide bonds. The summed E-state index contributed by atoms with van der Waals surface area (Å²) in [4.78, 5) is 0. The Labute approximate surface area is 102 Å². The fraction of sp³-hybridized carbons (Fsp3) is 1.00. The summed E-state index contributed by atoms with van der Waals surface area (Å²) >= 11 is 0. The molecule has 0 saturated heterocycles. The minimum Gasteiger partial charge on any atom is -0.393 e. The van der Waals surface area contributed by atoms with E-state index in [1.165, 1.54) is 44.9 Å². The molecule has 0 aromatic rings. The summed E-state index contributed by atoms with van der Waals surface area (Å²) in [7, 11) is 0. The molecule has 0 aliphatic heterocycles. The zero-order chi connectivity index (χ0) is 12.0. The Morgan fingerprint density at radius 3 is 2.25 bits per heavy atom. The number of aliphatic hydroxyl groups is 1. The number of hydrogen-bond acceptors (Lipinski definition) is 1. The van der Waals surface area contributed by atoms with Crippen molar-refractivity contribution in [2.24, 2.45) is 11.3 Å². The lowest BCUT2D eigenvalue weighted by molar-refractivity contribution is 0.0416. The summed E-state index contributed by atoms with van der Waals surface area (Å²) in [5.41, 5.74) is 0.445. The lowest BCUT2D eigenvalue weighted by atomic mass is 9.66. The molecule has 1 heteroatoms. The fourth-order valence-corrected chi connectivity index (χ4v) is 3.73. The van der Waals surface area contributed by atoms with Gasteiger partial charge in [0, 0.05) is 0 Å². The molecule has 16 heavy (non-hydrogen) atoms. The SMILES string of the molecule is CCCC(CC)(CC(O)CC)C1CCCC1. The van der Waals surface area contributed by atoms with Crippen molar-refractivity contribution in [1.82, 2.24) is 0 Å². The van der Waals surface area contributed by atoms with Gasteiger partial charge in [0.1, 0.15) is 0 Å². The number of aliphatic hydroxyl groups excluding tert-OH is 1. The van der Waals surface area contributed by atoms with E-state index in [4.69, 9.17) is 0 Å². The van der Waals surface area contributed by atoms with Crippen LogP contribution in [-0.2, 0) is 0 Å². The molecule has 0 bridgehead atoms. The Hall–Kier alpha value is -0.0400. The van der Waals surface area contributed by atoms with E-state index in [0.717, 1.165) is 18.8 Å². The first-order valence-corrected chi connectivity index (χ1v) is 7.36. The molecule has 0 aromatic carbocycles. The molecule has 2 unspecified atom stereocenters. The molecule has 1 nitrogen and oxygen atoms in total. The number of hydrogen-bond donors (Lipinski definition) is 1. The lowest BCUT2D eigenvalue weighted by Gasteiger charge is -2.40. The second kappa shape index (κ2) is 6.64. The maximum atomic E-state index is 10.0. The zero-order valence-electron chi connectivity index (χ0n) is 11.5. The monoisotopic (exact) mass is 226 g/mol. The Kier molecular flexibility index (Phi) is 5.82.